The Balaban J connectivity index is 2.16. The number of likely N-dealkylation sites (tertiary alicyclic amines) is 1. The van der Waals surface area contributed by atoms with Crippen molar-refractivity contribution in [1.82, 2.24) is 9.47 Å². The molecule has 0 saturated carbocycles. The Morgan fingerprint density at radius 2 is 1.96 bits per heavy atom. The largest absolute Gasteiger partial charge is 0.391 e. The maximum atomic E-state index is 13.2. The van der Waals surface area contributed by atoms with Crippen molar-refractivity contribution in [3.63, 3.8) is 0 Å². The smallest absolute Gasteiger partial charge is 0.255 e. The van der Waals surface area contributed by atoms with E-state index in [2.05, 4.69) is 0 Å². The number of aliphatic hydroxyl groups excluding tert-OH is 1. The second-order valence-corrected chi connectivity index (χ2v) is 7.59. The highest BCUT2D eigenvalue weighted by molar-refractivity contribution is 6.07. The van der Waals surface area contributed by atoms with E-state index in [1.165, 1.54) is 0 Å². The molecule has 1 N–H and O–H groups in total. The molecule has 5 heteroatoms. The fourth-order valence-corrected chi connectivity index (χ4v) is 3.84. The number of carbonyl (C=O) groups is 1. The Hall–Kier alpha value is -2.14. The van der Waals surface area contributed by atoms with E-state index in [9.17, 15) is 14.7 Å². The Labute approximate surface area is 141 Å². The number of aryl methyl sites for hydroxylation is 1. The lowest BCUT2D eigenvalue weighted by Gasteiger charge is -2.41. The normalized spacial score (nSPS) is 20.4. The first-order chi connectivity index (χ1) is 11.2. The van der Waals surface area contributed by atoms with Gasteiger partial charge in [0, 0.05) is 31.1 Å². The summed E-state index contributed by atoms with van der Waals surface area (Å²) in [7, 11) is 1.72. The Kier molecular flexibility index (Phi) is 4.00. The lowest BCUT2D eigenvalue weighted by molar-refractivity contribution is 0.00812. The number of aliphatic hydroxyl groups is 1. The number of piperidine rings is 1. The number of para-hydroxylation sites is 1. The minimum absolute atomic E-state index is 0.142. The molecule has 5 nitrogen and oxygen atoms in total. The molecule has 0 spiro atoms. The van der Waals surface area contributed by atoms with Crippen molar-refractivity contribution in [2.75, 3.05) is 13.1 Å². The van der Waals surface area contributed by atoms with Crippen LogP contribution in [0.15, 0.2) is 29.1 Å². The lowest BCUT2D eigenvalue weighted by Crippen LogP contribution is -2.50. The quantitative estimate of drug-likeness (QED) is 0.872. The van der Waals surface area contributed by atoms with Crippen LogP contribution in [0.2, 0.25) is 0 Å². The van der Waals surface area contributed by atoms with Crippen LogP contribution >= 0.6 is 0 Å². The van der Waals surface area contributed by atoms with Gasteiger partial charge in [-0.25, -0.2) is 0 Å². The maximum Gasteiger partial charge on any atom is 0.255 e. The van der Waals surface area contributed by atoms with Gasteiger partial charge in [0.05, 0.1) is 17.2 Å². The topological polar surface area (TPSA) is 62.5 Å². The predicted octanol–water partition coefficient (Wildman–Crippen LogP) is 2.08. The van der Waals surface area contributed by atoms with E-state index in [1.807, 2.05) is 38.1 Å². The summed E-state index contributed by atoms with van der Waals surface area (Å²) >= 11 is 0. The molecule has 2 heterocycles. The first-order valence-corrected chi connectivity index (χ1v) is 8.27. The molecule has 1 aromatic heterocycles. The molecule has 1 aliphatic rings. The molecule has 1 amide bonds. The van der Waals surface area contributed by atoms with E-state index in [0.29, 0.717) is 30.6 Å². The van der Waals surface area contributed by atoms with Crippen molar-refractivity contribution < 1.29 is 9.90 Å². The van der Waals surface area contributed by atoms with Gasteiger partial charge < -0.3 is 14.6 Å². The number of benzene rings is 1. The van der Waals surface area contributed by atoms with Crippen LogP contribution in [-0.2, 0) is 7.05 Å². The fraction of sp³-hybridized carbons (Fsp3) is 0.474. The Bertz CT molecular complexity index is 867. The van der Waals surface area contributed by atoms with Gasteiger partial charge in [-0.2, -0.15) is 0 Å². The number of fused-ring (bicyclic) bond motifs is 1. The van der Waals surface area contributed by atoms with Crippen LogP contribution in [-0.4, -0.2) is 39.7 Å². The van der Waals surface area contributed by atoms with Gasteiger partial charge in [-0.15, -0.1) is 0 Å². The molecule has 0 bridgehead atoms. The summed E-state index contributed by atoms with van der Waals surface area (Å²) in [6.45, 7) is 6.68. The molecule has 24 heavy (non-hydrogen) atoms. The molecule has 0 radical (unpaired) electrons. The number of nitrogens with zero attached hydrogens (tertiary/aromatic N) is 2. The molecule has 1 unspecified atom stereocenters. The minimum atomic E-state index is -0.532. The van der Waals surface area contributed by atoms with Gasteiger partial charge in [0.25, 0.3) is 11.5 Å². The molecule has 1 aromatic carbocycles. The standard InChI is InChI=1S/C19H24N2O3/c1-12-16(14-7-5-6-8-15(14)20(4)17(12)23)18(24)21-10-13(22)9-19(2,3)11-21/h5-8,13,22H,9-11H2,1-4H3. The van der Waals surface area contributed by atoms with Crippen LogP contribution in [0.1, 0.15) is 36.2 Å². The molecular formula is C19H24N2O3. The second kappa shape index (κ2) is 5.74. The summed E-state index contributed by atoms with van der Waals surface area (Å²) in [5.74, 6) is -0.173. The number of rotatable bonds is 1. The first-order valence-electron chi connectivity index (χ1n) is 8.27. The molecule has 1 aliphatic heterocycles. The van der Waals surface area contributed by atoms with E-state index in [4.69, 9.17) is 0 Å². The van der Waals surface area contributed by atoms with Gasteiger partial charge >= 0.3 is 0 Å². The lowest BCUT2D eigenvalue weighted by atomic mass is 9.82. The van der Waals surface area contributed by atoms with Gasteiger partial charge in [-0.05, 0) is 24.8 Å². The van der Waals surface area contributed by atoms with Gasteiger partial charge in [0.1, 0.15) is 0 Å². The number of hydrogen-bond acceptors (Lipinski definition) is 3. The third-order valence-electron chi connectivity index (χ3n) is 4.87. The van der Waals surface area contributed by atoms with Crippen LogP contribution in [0.3, 0.4) is 0 Å². The van der Waals surface area contributed by atoms with E-state index < -0.39 is 6.10 Å². The van der Waals surface area contributed by atoms with Crippen LogP contribution in [0.25, 0.3) is 10.9 Å². The number of amides is 1. The van der Waals surface area contributed by atoms with Gasteiger partial charge in [-0.1, -0.05) is 32.0 Å². The van der Waals surface area contributed by atoms with Crippen molar-refractivity contribution >= 4 is 16.8 Å². The first kappa shape index (κ1) is 16.7. The number of aromatic nitrogens is 1. The maximum absolute atomic E-state index is 13.2. The fourth-order valence-electron chi connectivity index (χ4n) is 3.84. The summed E-state index contributed by atoms with van der Waals surface area (Å²) in [6, 6.07) is 7.46. The van der Waals surface area contributed by atoms with Crippen LogP contribution in [0.4, 0.5) is 0 Å². The molecule has 3 rings (SSSR count). The highest BCUT2D eigenvalue weighted by Gasteiger charge is 2.35. The summed E-state index contributed by atoms with van der Waals surface area (Å²) in [6.07, 6.45) is 0.142. The molecular weight excluding hydrogens is 304 g/mol. The van der Waals surface area contributed by atoms with E-state index >= 15 is 0 Å². The third-order valence-corrected chi connectivity index (χ3v) is 4.87. The second-order valence-electron chi connectivity index (χ2n) is 7.59. The van der Waals surface area contributed by atoms with Gasteiger partial charge in [0.2, 0.25) is 0 Å². The van der Waals surface area contributed by atoms with E-state index in [-0.39, 0.29) is 16.9 Å². The van der Waals surface area contributed by atoms with E-state index in [0.717, 1.165) is 10.9 Å². The van der Waals surface area contributed by atoms with Gasteiger partial charge in [0.15, 0.2) is 0 Å². The number of hydrogen-bond donors (Lipinski definition) is 1. The SMILES string of the molecule is Cc1c(C(=O)N2CC(O)CC(C)(C)C2)c2ccccc2n(C)c1=O. The molecule has 0 aliphatic carbocycles. The van der Waals surface area contributed by atoms with E-state index in [1.54, 1.807) is 23.4 Å². The van der Waals surface area contributed by atoms with Crippen molar-refractivity contribution in [1.29, 1.82) is 0 Å². The molecule has 2 aromatic rings. The average Bonchev–Trinajstić information content (AvgIpc) is 2.51. The summed E-state index contributed by atoms with van der Waals surface area (Å²) in [4.78, 5) is 27.4. The predicted molar refractivity (Wildman–Crippen MR) is 94.2 cm³/mol. The highest BCUT2D eigenvalue weighted by Crippen LogP contribution is 2.31. The zero-order valence-corrected chi connectivity index (χ0v) is 14.7. The van der Waals surface area contributed by atoms with Crippen molar-refractivity contribution in [2.24, 2.45) is 12.5 Å². The van der Waals surface area contributed by atoms with Crippen LogP contribution in [0, 0.1) is 12.3 Å². The van der Waals surface area contributed by atoms with Gasteiger partial charge in [-0.3, -0.25) is 9.59 Å². The highest BCUT2D eigenvalue weighted by atomic mass is 16.3. The number of pyridine rings is 1. The molecule has 1 saturated heterocycles. The molecule has 1 atom stereocenters. The minimum Gasteiger partial charge on any atom is -0.391 e. The summed E-state index contributed by atoms with van der Waals surface area (Å²) < 4.78 is 1.58. The number of carbonyl (C=O) groups excluding carboxylic acids is 1. The van der Waals surface area contributed by atoms with Crippen LogP contribution in [0.5, 0.6) is 0 Å². The monoisotopic (exact) mass is 328 g/mol. The van der Waals surface area contributed by atoms with Crippen LogP contribution < -0.4 is 5.56 Å². The zero-order valence-electron chi connectivity index (χ0n) is 14.7. The summed E-state index contributed by atoms with van der Waals surface area (Å²) in [5.41, 5.74) is 1.36. The van der Waals surface area contributed by atoms with Crippen molar-refractivity contribution in [2.45, 2.75) is 33.3 Å². The Morgan fingerprint density at radius 1 is 1.29 bits per heavy atom. The summed E-state index contributed by atoms with van der Waals surface area (Å²) in [5, 5.41) is 10.9. The average molecular weight is 328 g/mol. The Morgan fingerprint density at radius 3 is 2.62 bits per heavy atom. The zero-order chi connectivity index (χ0) is 17.6. The molecule has 1 fully saturated rings. The molecule has 128 valence electrons. The third kappa shape index (κ3) is 2.73. The number of β-amino-alcohol motifs (C(OH)–C–C–N with tert-alkyl or cyclic N) is 1. The van der Waals surface area contributed by atoms with Crippen molar-refractivity contribution in [3.8, 4) is 0 Å². The van der Waals surface area contributed by atoms with Crippen molar-refractivity contribution in [3.05, 3.63) is 45.7 Å².